The normalized spacial score (nSPS) is 20.2. The van der Waals surface area contributed by atoms with Crippen LogP contribution in [0.5, 0.6) is 0 Å². The Labute approximate surface area is 75.2 Å². The van der Waals surface area contributed by atoms with E-state index in [1.807, 2.05) is 6.92 Å². The van der Waals surface area contributed by atoms with Crippen molar-refractivity contribution < 1.29 is 5.11 Å². The maximum atomic E-state index is 9.71. The molecule has 0 radical (unpaired) electrons. The quantitative estimate of drug-likeness (QED) is 0.638. The van der Waals surface area contributed by atoms with Crippen LogP contribution in [-0.4, -0.2) is 11.2 Å². The highest BCUT2D eigenvalue weighted by Gasteiger charge is 2.22. The van der Waals surface area contributed by atoms with Gasteiger partial charge in [0.2, 0.25) is 0 Å². The van der Waals surface area contributed by atoms with E-state index in [2.05, 4.69) is 11.8 Å². The van der Waals surface area contributed by atoms with Crippen molar-refractivity contribution in [1.82, 2.24) is 0 Å². The first-order valence-electron chi connectivity index (χ1n) is 4.92. The summed E-state index contributed by atoms with van der Waals surface area (Å²) in [6, 6.07) is 0. The van der Waals surface area contributed by atoms with Crippen LogP contribution in [0.2, 0.25) is 0 Å². The second-order valence-corrected chi connectivity index (χ2v) is 3.58. The fraction of sp³-hybridized carbons (Fsp3) is 0.818. The van der Waals surface area contributed by atoms with Gasteiger partial charge in [-0.05, 0) is 32.1 Å². The maximum Gasteiger partial charge on any atom is 0.0577 e. The monoisotopic (exact) mass is 166 g/mol. The van der Waals surface area contributed by atoms with Gasteiger partial charge in [-0.1, -0.05) is 12.8 Å². The van der Waals surface area contributed by atoms with Crippen LogP contribution in [0.15, 0.2) is 0 Å². The van der Waals surface area contributed by atoms with Crippen LogP contribution >= 0.6 is 0 Å². The molecule has 1 rings (SSSR count). The Morgan fingerprint density at radius 3 is 2.67 bits per heavy atom. The zero-order valence-corrected chi connectivity index (χ0v) is 7.84. The van der Waals surface area contributed by atoms with Gasteiger partial charge >= 0.3 is 0 Å². The van der Waals surface area contributed by atoms with E-state index in [-0.39, 0.29) is 6.10 Å². The lowest BCUT2D eigenvalue weighted by Crippen LogP contribution is -2.16. The molecule has 1 unspecified atom stereocenters. The Bertz CT molecular complexity index is 169. The lowest BCUT2D eigenvalue weighted by Gasteiger charge is -2.15. The summed E-state index contributed by atoms with van der Waals surface area (Å²) in [7, 11) is 0. The molecule has 0 aromatic rings. The summed E-state index contributed by atoms with van der Waals surface area (Å²) in [6.45, 7) is 1.85. The zero-order chi connectivity index (χ0) is 8.81. The molecule has 1 aliphatic carbocycles. The molecule has 0 aromatic heterocycles. The number of hydrogen-bond acceptors (Lipinski definition) is 1. The van der Waals surface area contributed by atoms with Gasteiger partial charge in [-0.2, -0.15) is 0 Å². The van der Waals surface area contributed by atoms with E-state index in [1.165, 1.54) is 25.7 Å². The predicted octanol–water partition coefficient (Wildman–Crippen LogP) is 2.34. The molecule has 0 aliphatic heterocycles. The van der Waals surface area contributed by atoms with Gasteiger partial charge in [0.25, 0.3) is 0 Å². The van der Waals surface area contributed by atoms with Crippen molar-refractivity contribution in [1.29, 1.82) is 0 Å². The third-order valence-corrected chi connectivity index (χ3v) is 2.69. The minimum absolute atomic E-state index is 0.0895. The number of hydrogen-bond donors (Lipinski definition) is 1. The highest BCUT2D eigenvalue weighted by atomic mass is 16.3. The molecule has 0 bridgehead atoms. The van der Waals surface area contributed by atoms with Crippen molar-refractivity contribution in [3.8, 4) is 11.8 Å². The van der Waals surface area contributed by atoms with Crippen LogP contribution in [0, 0.1) is 17.8 Å². The van der Waals surface area contributed by atoms with E-state index in [9.17, 15) is 5.11 Å². The lowest BCUT2D eigenvalue weighted by atomic mass is 9.97. The molecule has 12 heavy (non-hydrogen) atoms. The van der Waals surface area contributed by atoms with Crippen LogP contribution in [0.3, 0.4) is 0 Å². The Kier molecular flexibility index (Phi) is 4.18. The van der Waals surface area contributed by atoms with Crippen molar-refractivity contribution in [2.45, 2.75) is 51.6 Å². The van der Waals surface area contributed by atoms with Crippen molar-refractivity contribution >= 4 is 0 Å². The second kappa shape index (κ2) is 5.22. The molecule has 1 atom stereocenters. The average molecular weight is 166 g/mol. The highest BCUT2D eigenvalue weighted by Crippen LogP contribution is 2.29. The molecule has 0 aromatic carbocycles. The third kappa shape index (κ3) is 2.87. The van der Waals surface area contributed by atoms with Gasteiger partial charge in [-0.15, -0.1) is 11.8 Å². The third-order valence-electron chi connectivity index (χ3n) is 2.69. The molecule has 1 nitrogen and oxygen atoms in total. The summed E-state index contributed by atoms with van der Waals surface area (Å²) in [5.41, 5.74) is 0. The van der Waals surface area contributed by atoms with Gasteiger partial charge < -0.3 is 5.11 Å². The first-order chi connectivity index (χ1) is 5.84. The van der Waals surface area contributed by atoms with Crippen LogP contribution in [0.4, 0.5) is 0 Å². The minimum atomic E-state index is -0.0895. The van der Waals surface area contributed by atoms with E-state index in [0.717, 1.165) is 12.8 Å². The number of aliphatic hydroxyl groups is 1. The molecule has 0 spiro atoms. The molecule has 1 saturated carbocycles. The molecule has 0 amide bonds. The van der Waals surface area contributed by atoms with E-state index in [0.29, 0.717) is 5.92 Å². The summed E-state index contributed by atoms with van der Waals surface area (Å²) >= 11 is 0. The van der Waals surface area contributed by atoms with Gasteiger partial charge in [-0.3, -0.25) is 0 Å². The van der Waals surface area contributed by atoms with E-state index in [4.69, 9.17) is 0 Å². The molecular weight excluding hydrogens is 148 g/mol. The van der Waals surface area contributed by atoms with Crippen LogP contribution in [-0.2, 0) is 0 Å². The summed E-state index contributed by atoms with van der Waals surface area (Å²) in [5.74, 6) is 6.42. The Morgan fingerprint density at radius 2 is 2.08 bits per heavy atom. The fourth-order valence-corrected chi connectivity index (χ4v) is 1.92. The van der Waals surface area contributed by atoms with E-state index < -0.39 is 0 Å². The zero-order valence-electron chi connectivity index (χ0n) is 7.84. The molecular formula is C11H18O. The Balaban J connectivity index is 2.16. The van der Waals surface area contributed by atoms with Crippen molar-refractivity contribution in [3.05, 3.63) is 0 Å². The number of aliphatic hydroxyl groups excluding tert-OH is 1. The molecule has 1 fully saturated rings. The van der Waals surface area contributed by atoms with E-state index >= 15 is 0 Å². The van der Waals surface area contributed by atoms with E-state index in [1.54, 1.807) is 0 Å². The molecule has 68 valence electrons. The largest absolute Gasteiger partial charge is 0.393 e. The molecule has 0 saturated heterocycles. The van der Waals surface area contributed by atoms with Gasteiger partial charge in [0.05, 0.1) is 6.10 Å². The summed E-state index contributed by atoms with van der Waals surface area (Å²) < 4.78 is 0. The van der Waals surface area contributed by atoms with Crippen LogP contribution in [0.25, 0.3) is 0 Å². The second-order valence-electron chi connectivity index (χ2n) is 3.58. The lowest BCUT2D eigenvalue weighted by molar-refractivity contribution is 0.103. The molecule has 0 heterocycles. The highest BCUT2D eigenvalue weighted by molar-refractivity contribution is 4.95. The first kappa shape index (κ1) is 9.61. The smallest absolute Gasteiger partial charge is 0.0577 e. The van der Waals surface area contributed by atoms with Crippen molar-refractivity contribution in [3.63, 3.8) is 0 Å². The van der Waals surface area contributed by atoms with Gasteiger partial charge in [0.1, 0.15) is 0 Å². The van der Waals surface area contributed by atoms with Gasteiger partial charge in [-0.25, -0.2) is 0 Å². The minimum Gasteiger partial charge on any atom is -0.393 e. The van der Waals surface area contributed by atoms with Crippen LogP contribution < -0.4 is 0 Å². The Morgan fingerprint density at radius 1 is 1.42 bits per heavy atom. The predicted molar refractivity (Wildman–Crippen MR) is 50.6 cm³/mol. The Hall–Kier alpha value is -0.480. The average Bonchev–Trinajstić information content (AvgIpc) is 2.56. The molecule has 1 aliphatic rings. The molecule has 1 heteroatoms. The first-order valence-corrected chi connectivity index (χ1v) is 4.92. The van der Waals surface area contributed by atoms with Crippen LogP contribution in [0.1, 0.15) is 45.4 Å². The topological polar surface area (TPSA) is 20.2 Å². The van der Waals surface area contributed by atoms with Gasteiger partial charge in [0.15, 0.2) is 0 Å². The molecule has 1 N–H and O–H groups in total. The standard InChI is InChI=1S/C11H18O/c1-2-3-4-9-11(12)10-7-5-6-8-10/h10-12H,4-9H2,1H3. The summed E-state index contributed by atoms with van der Waals surface area (Å²) in [5, 5.41) is 9.71. The summed E-state index contributed by atoms with van der Waals surface area (Å²) in [4.78, 5) is 0. The fourth-order valence-electron chi connectivity index (χ4n) is 1.92. The number of rotatable bonds is 3. The summed E-state index contributed by atoms with van der Waals surface area (Å²) in [6.07, 6.45) is 6.69. The maximum absolute atomic E-state index is 9.71. The van der Waals surface area contributed by atoms with Gasteiger partial charge in [0, 0.05) is 6.42 Å². The van der Waals surface area contributed by atoms with Crippen molar-refractivity contribution in [2.24, 2.45) is 5.92 Å². The van der Waals surface area contributed by atoms with Crippen molar-refractivity contribution in [2.75, 3.05) is 0 Å². The SMILES string of the molecule is CC#CCCC(O)C1CCCC1.